The van der Waals surface area contributed by atoms with Crippen LogP contribution in [0.1, 0.15) is 29.0 Å². The van der Waals surface area contributed by atoms with Crippen LogP contribution in [0.5, 0.6) is 0 Å². The first-order chi connectivity index (χ1) is 11.7. The second kappa shape index (κ2) is 6.54. The minimum Gasteiger partial charge on any atom is -0.341 e. The Morgan fingerprint density at radius 1 is 1.33 bits per heavy atom. The van der Waals surface area contributed by atoms with Gasteiger partial charge in [-0.2, -0.15) is 0 Å². The third-order valence-corrected chi connectivity index (χ3v) is 5.43. The third kappa shape index (κ3) is 2.92. The van der Waals surface area contributed by atoms with E-state index in [1.54, 1.807) is 12.4 Å². The smallest absolute Gasteiger partial charge is 0.230 e. The van der Waals surface area contributed by atoms with Crippen molar-refractivity contribution >= 4 is 17.5 Å². The number of amides is 1. The molecule has 1 aliphatic carbocycles. The second-order valence-corrected chi connectivity index (χ2v) is 6.98. The summed E-state index contributed by atoms with van der Waals surface area (Å²) in [6.45, 7) is 2.32. The summed E-state index contributed by atoms with van der Waals surface area (Å²) in [6.07, 6.45) is 5.29. The highest BCUT2D eigenvalue weighted by Gasteiger charge is 2.37. The van der Waals surface area contributed by atoms with Crippen LogP contribution in [0.2, 0.25) is 5.02 Å². The maximum absolute atomic E-state index is 12.7. The summed E-state index contributed by atoms with van der Waals surface area (Å²) in [6, 6.07) is 10.5. The number of aromatic nitrogens is 1. The molecule has 4 nitrogen and oxygen atoms in total. The Hall–Kier alpha value is -1.91. The first-order valence-corrected chi connectivity index (χ1v) is 8.78. The van der Waals surface area contributed by atoms with Gasteiger partial charge >= 0.3 is 0 Å². The van der Waals surface area contributed by atoms with Crippen molar-refractivity contribution in [3.8, 4) is 0 Å². The van der Waals surface area contributed by atoms with E-state index < -0.39 is 0 Å². The summed E-state index contributed by atoms with van der Waals surface area (Å²) in [5.74, 6) is 0.342. The highest BCUT2D eigenvalue weighted by atomic mass is 35.5. The van der Waals surface area contributed by atoms with Gasteiger partial charge in [0.05, 0.1) is 10.9 Å². The Bertz CT molecular complexity index is 764. The number of hydrogen-bond acceptors (Lipinski definition) is 3. The minimum absolute atomic E-state index is 0.0644. The summed E-state index contributed by atoms with van der Waals surface area (Å²) in [4.78, 5) is 18.7. The molecule has 0 radical (unpaired) electrons. The van der Waals surface area contributed by atoms with Crippen LogP contribution >= 0.6 is 11.6 Å². The van der Waals surface area contributed by atoms with Gasteiger partial charge in [-0.3, -0.25) is 9.78 Å². The van der Waals surface area contributed by atoms with Crippen molar-refractivity contribution in [3.63, 3.8) is 0 Å². The fraction of sp³-hybridized carbons (Fsp3) is 0.368. The molecule has 2 atom stereocenters. The first kappa shape index (κ1) is 15.6. The number of nitrogens with one attached hydrogen (secondary N) is 1. The van der Waals surface area contributed by atoms with E-state index in [9.17, 15) is 4.79 Å². The van der Waals surface area contributed by atoms with Crippen molar-refractivity contribution in [2.45, 2.75) is 31.3 Å². The largest absolute Gasteiger partial charge is 0.341 e. The Kier molecular flexibility index (Phi) is 4.25. The number of halogens is 1. The van der Waals surface area contributed by atoms with E-state index in [-0.39, 0.29) is 11.8 Å². The van der Waals surface area contributed by atoms with Gasteiger partial charge in [-0.25, -0.2) is 0 Å². The quantitative estimate of drug-likeness (QED) is 0.930. The third-order valence-electron chi connectivity index (χ3n) is 5.09. The molecule has 1 aliphatic heterocycles. The molecule has 0 spiro atoms. The van der Waals surface area contributed by atoms with E-state index in [1.807, 2.05) is 23.1 Å². The summed E-state index contributed by atoms with van der Waals surface area (Å²) >= 11 is 6.14. The van der Waals surface area contributed by atoms with Crippen LogP contribution in [0.25, 0.3) is 0 Å². The van der Waals surface area contributed by atoms with Crippen LogP contribution in [0.4, 0.5) is 0 Å². The lowest BCUT2D eigenvalue weighted by molar-refractivity contribution is -0.132. The molecule has 5 heteroatoms. The van der Waals surface area contributed by atoms with E-state index in [0.29, 0.717) is 17.6 Å². The van der Waals surface area contributed by atoms with Gasteiger partial charge in [0, 0.05) is 38.1 Å². The van der Waals surface area contributed by atoms with Gasteiger partial charge in [0.25, 0.3) is 0 Å². The molecule has 1 aromatic carbocycles. The topological polar surface area (TPSA) is 45.2 Å². The fourth-order valence-electron chi connectivity index (χ4n) is 3.63. The molecule has 24 heavy (non-hydrogen) atoms. The molecule has 0 bridgehead atoms. The second-order valence-electron chi connectivity index (χ2n) is 6.57. The zero-order valence-electron chi connectivity index (χ0n) is 13.4. The minimum atomic E-state index is 0.0644. The van der Waals surface area contributed by atoms with E-state index in [0.717, 1.165) is 31.5 Å². The molecule has 124 valence electrons. The zero-order chi connectivity index (χ0) is 16.5. The molecule has 1 N–H and O–H groups in total. The summed E-state index contributed by atoms with van der Waals surface area (Å²) in [5.41, 5.74) is 3.57. The molecular weight excluding hydrogens is 322 g/mol. The van der Waals surface area contributed by atoms with Crippen LogP contribution in [0, 0.1) is 0 Å². The predicted octanol–water partition coefficient (Wildman–Crippen LogP) is 2.77. The molecule has 2 unspecified atom stereocenters. The number of fused-ring (bicyclic) bond motifs is 1. The molecule has 2 aliphatic rings. The molecule has 0 saturated carbocycles. The first-order valence-electron chi connectivity index (χ1n) is 8.41. The average molecular weight is 342 g/mol. The number of hydrogen-bond donors (Lipinski definition) is 1. The van der Waals surface area contributed by atoms with Crippen molar-refractivity contribution < 1.29 is 4.79 Å². The van der Waals surface area contributed by atoms with Gasteiger partial charge < -0.3 is 10.2 Å². The number of nitrogens with zero attached hydrogens (tertiary/aromatic N) is 2. The van der Waals surface area contributed by atoms with Crippen molar-refractivity contribution in [1.29, 1.82) is 0 Å². The zero-order valence-corrected chi connectivity index (χ0v) is 14.2. The maximum Gasteiger partial charge on any atom is 0.230 e. The van der Waals surface area contributed by atoms with Gasteiger partial charge in [0.1, 0.15) is 0 Å². The van der Waals surface area contributed by atoms with Crippen LogP contribution in [0.3, 0.4) is 0 Å². The lowest BCUT2D eigenvalue weighted by atomic mass is 9.77. The van der Waals surface area contributed by atoms with Gasteiger partial charge in [0.2, 0.25) is 5.91 Å². The molecule has 2 heterocycles. The number of likely N-dealkylation sites (tertiary alicyclic amines) is 1. The number of pyridine rings is 1. The van der Waals surface area contributed by atoms with Gasteiger partial charge in [-0.1, -0.05) is 35.9 Å². The lowest BCUT2D eigenvalue weighted by Crippen LogP contribution is -2.40. The average Bonchev–Trinajstić information content (AvgIpc) is 3.04. The van der Waals surface area contributed by atoms with Gasteiger partial charge in [-0.05, 0) is 35.6 Å². The number of carbonyl (C=O) groups is 1. The Balaban J connectivity index is 1.32. The molecule has 1 saturated heterocycles. The van der Waals surface area contributed by atoms with E-state index in [1.165, 1.54) is 11.1 Å². The van der Waals surface area contributed by atoms with Crippen LogP contribution in [0.15, 0.2) is 42.7 Å². The van der Waals surface area contributed by atoms with E-state index >= 15 is 0 Å². The summed E-state index contributed by atoms with van der Waals surface area (Å²) < 4.78 is 0. The molecule has 1 aromatic heterocycles. The van der Waals surface area contributed by atoms with Crippen LogP contribution in [-0.2, 0) is 17.8 Å². The van der Waals surface area contributed by atoms with Crippen LogP contribution < -0.4 is 5.32 Å². The SMILES string of the molecule is O=C(C1Cc2ccccc21)N1CCC(NCc2ccncc2Cl)C1. The Labute approximate surface area is 146 Å². The van der Waals surface area contributed by atoms with Crippen molar-refractivity contribution in [2.75, 3.05) is 13.1 Å². The molecular formula is C19H20ClN3O. The lowest BCUT2D eigenvalue weighted by Gasteiger charge is -2.32. The maximum atomic E-state index is 12.7. The van der Waals surface area contributed by atoms with Crippen LogP contribution in [-0.4, -0.2) is 34.9 Å². The normalized spacial score (nSPS) is 22.1. The molecule has 1 amide bonds. The number of benzene rings is 1. The van der Waals surface area contributed by atoms with Crippen molar-refractivity contribution in [1.82, 2.24) is 15.2 Å². The molecule has 1 fully saturated rings. The van der Waals surface area contributed by atoms with Crippen molar-refractivity contribution in [3.05, 3.63) is 64.4 Å². The monoisotopic (exact) mass is 341 g/mol. The highest BCUT2D eigenvalue weighted by molar-refractivity contribution is 6.31. The van der Waals surface area contributed by atoms with Crippen molar-refractivity contribution in [2.24, 2.45) is 0 Å². The summed E-state index contributed by atoms with van der Waals surface area (Å²) in [5, 5.41) is 4.19. The summed E-state index contributed by atoms with van der Waals surface area (Å²) in [7, 11) is 0. The van der Waals surface area contributed by atoms with E-state index in [4.69, 9.17) is 11.6 Å². The van der Waals surface area contributed by atoms with Gasteiger partial charge in [-0.15, -0.1) is 0 Å². The highest BCUT2D eigenvalue weighted by Crippen LogP contribution is 2.36. The molecule has 4 rings (SSSR count). The standard InChI is InChI=1S/C19H20ClN3O/c20-18-11-21-7-5-14(18)10-22-15-6-8-23(12-15)19(24)17-9-13-3-1-2-4-16(13)17/h1-5,7,11,15,17,22H,6,8-10,12H2. The Morgan fingerprint density at radius 2 is 2.21 bits per heavy atom. The van der Waals surface area contributed by atoms with Gasteiger partial charge in [0.15, 0.2) is 0 Å². The number of carbonyl (C=O) groups excluding carboxylic acids is 1. The number of rotatable bonds is 4. The van der Waals surface area contributed by atoms with E-state index in [2.05, 4.69) is 22.4 Å². The predicted molar refractivity (Wildman–Crippen MR) is 94.0 cm³/mol. The fourth-order valence-corrected chi connectivity index (χ4v) is 3.81. The molecule has 2 aromatic rings. The Morgan fingerprint density at radius 3 is 3.04 bits per heavy atom.